The molecule has 0 spiro atoms. The highest BCUT2D eigenvalue weighted by Crippen LogP contribution is 2.15. The average molecular weight is 443 g/mol. The number of ketones is 1. The Kier molecular flexibility index (Phi) is 16.4. The lowest BCUT2D eigenvalue weighted by molar-refractivity contribution is -0.131. The second-order valence-corrected chi connectivity index (χ2v) is 9.24. The first-order valence-corrected chi connectivity index (χ1v) is 13.1. The van der Waals surface area contributed by atoms with Crippen LogP contribution in [0.25, 0.3) is 0 Å². The largest absolute Gasteiger partial charge is 0.478 e. The number of rotatable bonds is 20. The van der Waals surface area contributed by atoms with Gasteiger partial charge < -0.3 is 5.11 Å². The SMILES string of the molecule is CCCCCCCCCCCCCCCCCCc1ccc(C(=O)/C(C)=C\C(=O)O)cc1. The van der Waals surface area contributed by atoms with Gasteiger partial charge in [0.05, 0.1) is 0 Å². The van der Waals surface area contributed by atoms with E-state index in [1.165, 1.54) is 108 Å². The number of carbonyl (C=O) groups is 2. The van der Waals surface area contributed by atoms with Gasteiger partial charge in [-0.1, -0.05) is 128 Å². The normalized spacial score (nSPS) is 11.6. The first-order valence-electron chi connectivity index (χ1n) is 13.1. The third-order valence-corrected chi connectivity index (χ3v) is 6.23. The number of carboxylic acids is 1. The van der Waals surface area contributed by atoms with Gasteiger partial charge in [-0.3, -0.25) is 4.79 Å². The van der Waals surface area contributed by atoms with Gasteiger partial charge in [0.15, 0.2) is 5.78 Å². The van der Waals surface area contributed by atoms with Crippen molar-refractivity contribution >= 4 is 11.8 Å². The molecule has 0 amide bonds. The first kappa shape index (κ1) is 28.1. The first-order chi connectivity index (χ1) is 15.5. The molecule has 0 aromatic heterocycles. The molecule has 3 heteroatoms. The Balaban J connectivity index is 1.98. The molecule has 0 aliphatic rings. The molecule has 0 saturated heterocycles. The number of benzene rings is 1. The lowest BCUT2D eigenvalue weighted by Crippen LogP contribution is -2.03. The van der Waals surface area contributed by atoms with Crippen molar-refractivity contribution in [1.29, 1.82) is 0 Å². The number of hydrogen-bond acceptors (Lipinski definition) is 2. The van der Waals surface area contributed by atoms with Gasteiger partial charge in [-0.05, 0) is 25.3 Å². The molecule has 0 atom stereocenters. The molecule has 1 aromatic carbocycles. The zero-order chi connectivity index (χ0) is 23.4. The number of Topliss-reactive ketones (excluding diaryl/α,β-unsaturated/α-hetero) is 1. The third kappa shape index (κ3) is 14.2. The van der Waals surface area contributed by atoms with E-state index in [9.17, 15) is 9.59 Å². The highest BCUT2D eigenvalue weighted by molar-refractivity contribution is 6.10. The van der Waals surface area contributed by atoms with Crippen LogP contribution in [0.4, 0.5) is 0 Å². The summed E-state index contributed by atoms with van der Waals surface area (Å²) in [6, 6.07) is 7.60. The molecule has 0 fully saturated rings. The number of hydrogen-bond donors (Lipinski definition) is 1. The zero-order valence-electron chi connectivity index (χ0n) is 20.7. The van der Waals surface area contributed by atoms with E-state index >= 15 is 0 Å². The molecule has 1 rings (SSSR count). The molecule has 32 heavy (non-hydrogen) atoms. The highest BCUT2D eigenvalue weighted by Gasteiger charge is 2.09. The molecular weight excluding hydrogens is 396 g/mol. The summed E-state index contributed by atoms with van der Waals surface area (Å²) in [5.74, 6) is -1.31. The van der Waals surface area contributed by atoms with E-state index in [4.69, 9.17) is 5.11 Å². The van der Waals surface area contributed by atoms with E-state index < -0.39 is 5.97 Å². The minimum absolute atomic E-state index is 0.221. The van der Waals surface area contributed by atoms with Crippen LogP contribution in [0.1, 0.15) is 133 Å². The van der Waals surface area contributed by atoms with Crippen LogP contribution in [0.5, 0.6) is 0 Å². The number of carboxylic acid groups (broad SMARTS) is 1. The molecule has 3 nitrogen and oxygen atoms in total. The maximum Gasteiger partial charge on any atom is 0.328 e. The molecular formula is C29H46O3. The fraction of sp³-hybridized carbons (Fsp3) is 0.655. The summed E-state index contributed by atoms with van der Waals surface area (Å²) < 4.78 is 0. The molecule has 1 aromatic rings. The quantitative estimate of drug-likeness (QED) is 0.125. The summed E-state index contributed by atoms with van der Waals surface area (Å²) in [4.78, 5) is 22.9. The lowest BCUT2D eigenvalue weighted by atomic mass is 10.00. The predicted octanol–water partition coefficient (Wildman–Crippen LogP) is 8.70. The average Bonchev–Trinajstić information content (AvgIpc) is 2.78. The van der Waals surface area contributed by atoms with E-state index in [1.807, 2.05) is 24.3 Å². The van der Waals surface area contributed by atoms with Crippen molar-refractivity contribution in [2.75, 3.05) is 0 Å². The van der Waals surface area contributed by atoms with Crippen LogP contribution < -0.4 is 0 Å². The molecule has 0 radical (unpaired) electrons. The Bertz CT molecular complexity index is 657. The van der Waals surface area contributed by atoms with E-state index in [0.717, 1.165) is 12.5 Å². The van der Waals surface area contributed by atoms with E-state index in [1.54, 1.807) is 6.92 Å². The summed E-state index contributed by atoms with van der Waals surface area (Å²) in [7, 11) is 0. The summed E-state index contributed by atoms with van der Waals surface area (Å²) in [6.45, 7) is 3.82. The van der Waals surface area contributed by atoms with Crippen molar-refractivity contribution in [1.82, 2.24) is 0 Å². The Labute approximate surface area is 196 Å². The van der Waals surface area contributed by atoms with E-state index in [-0.39, 0.29) is 11.4 Å². The van der Waals surface area contributed by atoms with Crippen LogP contribution in [0.3, 0.4) is 0 Å². The van der Waals surface area contributed by atoms with Crippen LogP contribution in [-0.2, 0) is 11.2 Å². The maximum absolute atomic E-state index is 12.2. The molecule has 0 unspecified atom stereocenters. The maximum atomic E-state index is 12.2. The van der Waals surface area contributed by atoms with Crippen LogP contribution in [-0.4, -0.2) is 16.9 Å². The minimum Gasteiger partial charge on any atom is -0.478 e. The zero-order valence-corrected chi connectivity index (χ0v) is 20.7. The third-order valence-electron chi connectivity index (χ3n) is 6.23. The fourth-order valence-corrected chi connectivity index (χ4v) is 4.18. The number of aliphatic carboxylic acids is 1. The Hall–Kier alpha value is -1.90. The Morgan fingerprint density at radius 2 is 1.09 bits per heavy atom. The second kappa shape index (κ2) is 18.7. The number of allylic oxidation sites excluding steroid dienone is 1. The van der Waals surface area contributed by atoms with Gasteiger partial charge in [0.2, 0.25) is 0 Å². The van der Waals surface area contributed by atoms with Gasteiger partial charge in [0.1, 0.15) is 0 Å². The van der Waals surface area contributed by atoms with Crippen molar-refractivity contribution in [3.05, 3.63) is 47.0 Å². The summed E-state index contributed by atoms with van der Waals surface area (Å²) in [6.07, 6.45) is 24.0. The van der Waals surface area contributed by atoms with Crippen LogP contribution in [0.2, 0.25) is 0 Å². The van der Waals surface area contributed by atoms with Crippen molar-refractivity contribution in [3.63, 3.8) is 0 Å². The van der Waals surface area contributed by atoms with Gasteiger partial charge in [-0.15, -0.1) is 0 Å². The molecule has 0 heterocycles. The second-order valence-electron chi connectivity index (χ2n) is 9.24. The summed E-state index contributed by atoms with van der Waals surface area (Å²) in [5, 5.41) is 8.76. The molecule has 0 aliphatic carbocycles. The van der Waals surface area contributed by atoms with Gasteiger partial charge >= 0.3 is 5.97 Å². The minimum atomic E-state index is -1.09. The van der Waals surface area contributed by atoms with E-state index in [0.29, 0.717) is 5.56 Å². The molecule has 0 saturated carbocycles. The van der Waals surface area contributed by atoms with E-state index in [2.05, 4.69) is 6.92 Å². The Morgan fingerprint density at radius 3 is 1.50 bits per heavy atom. The van der Waals surface area contributed by atoms with Gasteiger partial charge in [-0.2, -0.15) is 0 Å². The predicted molar refractivity (Wildman–Crippen MR) is 135 cm³/mol. The van der Waals surface area contributed by atoms with Crippen LogP contribution >= 0.6 is 0 Å². The Morgan fingerprint density at radius 1 is 0.688 bits per heavy atom. The van der Waals surface area contributed by atoms with Gasteiger partial charge in [0.25, 0.3) is 0 Å². The molecule has 1 N–H and O–H groups in total. The molecule has 0 aliphatic heterocycles. The van der Waals surface area contributed by atoms with Crippen molar-refractivity contribution in [2.45, 2.75) is 123 Å². The highest BCUT2D eigenvalue weighted by atomic mass is 16.4. The van der Waals surface area contributed by atoms with Crippen molar-refractivity contribution in [3.8, 4) is 0 Å². The number of unbranched alkanes of at least 4 members (excludes halogenated alkanes) is 15. The van der Waals surface area contributed by atoms with Gasteiger partial charge in [0, 0.05) is 17.2 Å². The standard InChI is InChI=1S/C29H46O3/c1-3-4-5-6-7-8-9-10-11-12-13-14-15-16-17-18-19-26-20-22-27(23-21-26)29(32)25(2)24-28(30)31/h20-24H,3-19H2,1-2H3,(H,30,31)/b25-24-. The number of aryl methyl sites for hydroxylation is 1. The van der Waals surface area contributed by atoms with Crippen molar-refractivity contribution < 1.29 is 14.7 Å². The molecule has 0 bridgehead atoms. The lowest BCUT2D eigenvalue weighted by Gasteiger charge is -2.05. The molecule has 180 valence electrons. The summed E-state index contributed by atoms with van der Waals surface area (Å²) in [5.41, 5.74) is 2.05. The fourth-order valence-electron chi connectivity index (χ4n) is 4.18. The van der Waals surface area contributed by atoms with Crippen LogP contribution in [0.15, 0.2) is 35.9 Å². The van der Waals surface area contributed by atoms with Crippen molar-refractivity contribution in [2.24, 2.45) is 0 Å². The van der Waals surface area contributed by atoms with Gasteiger partial charge in [-0.25, -0.2) is 4.79 Å². The topological polar surface area (TPSA) is 54.4 Å². The monoisotopic (exact) mass is 442 g/mol. The smallest absolute Gasteiger partial charge is 0.328 e. The number of carbonyl (C=O) groups excluding carboxylic acids is 1. The summed E-state index contributed by atoms with van der Waals surface area (Å²) >= 11 is 0. The van der Waals surface area contributed by atoms with Crippen LogP contribution in [0, 0.1) is 0 Å².